The number of benzene rings is 3. The molecule has 7 nitrogen and oxygen atoms in total. The summed E-state index contributed by atoms with van der Waals surface area (Å²) in [6.45, 7) is 0.0875. The number of nitrogens with one attached hydrogen (secondary N) is 2. The quantitative estimate of drug-likeness (QED) is 0.251. The monoisotopic (exact) mass is 415 g/mol. The normalized spacial score (nSPS) is 10.4. The van der Waals surface area contributed by atoms with Gasteiger partial charge >= 0.3 is 5.97 Å². The summed E-state index contributed by atoms with van der Waals surface area (Å²) in [5, 5.41) is 11.0. The zero-order valence-corrected chi connectivity index (χ0v) is 15.7. The van der Waals surface area contributed by atoms with Crippen LogP contribution in [0.1, 0.15) is 15.9 Å². The van der Waals surface area contributed by atoms with Crippen molar-refractivity contribution < 1.29 is 18.8 Å². The summed E-state index contributed by atoms with van der Waals surface area (Å²) >= 11 is 5.90. The van der Waals surface area contributed by atoms with E-state index in [1.54, 1.807) is 0 Å². The molecule has 3 aromatic carbocycles. The third-order valence-corrected chi connectivity index (χ3v) is 4.22. The molecule has 0 saturated carbocycles. The van der Waals surface area contributed by atoms with Crippen LogP contribution in [-0.2, 0) is 6.54 Å². The molecule has 0 spiro atoms. The number of nitro groups is 1. The molecule has 9 heteroatoms. The summed E-state index contributed by atoms with van der Waals surface area (Å²) in [6, 6.07) is 16.7. The van der Waals surface area contributed by atoms with Gasteiger partial charge in [-0.25, -0.2) is 14.6 Å². The molecule has 0 radical (unpaired) electrons. The van der Waals surface area contributed by atoms with Crippen molar-refractivity contribution >= 4 is 28.9 Å². The Labute approximate surface area is 170 Å². The molecule has 0 aromatic heterocycles. The molecular weight excluding hydrogens is 401 g/mol. The fraction of sp³-hybridized carbons (Fsp3) is 0.0500. The molecule has 148 valence electrons. The second kappa shape index (κ2) is 9.13. The molecule has 0 atom stereocenters. The summed E-state index contributed by atoms with van der Waals surface area (Å²) in [6.07, 6.45) is 0. The Kier molecular flexibility index (Phi) is 6.38. The lowest BCUT2D eigenvalue weighted by molar-refractivity contribution is -0.384. The van der Waals surface area contributed by atoms with Crippen molar-refractivity contribution in [2.45, 2.75) is 6.54 Å². The van der Waals surface area contributed by atoms with E-state index in [0.717, 1.165) is 11.8 Å². The number of carbonyl (C=O) groups is 1. The Hall–Kier alpha value is -3.49. The molecule has 0 bridgehead atoms. The molecule has 3 aromatic rings. The molecular formula is C20H15ClFN3O4. The highest BCUT2D eigenvalue weighted by Gasteiger charge is 2.20. The third kappa shape index (κ3) is 5.07. The van der Waals surface area contributed by atoms with E-state index in [-0.39, 0.29) is 23.0 Å². The molecule has 0 aliphatic carbocycles. The maximum atomic E-state index is 14.0. The van der Waals surface area contributed by atoms with Gasteiger partial charge in [-0.2, -0.15) is 0 Å². The van der Waals surface area contributed by atoms with Crippen LogP contribution in [0.3, 0.4) is 0 Å². The SMILES string of the molecule is O=C(Oc1ccc([N+](=O)[O-])cc1CNNc1ccccc1)c1c(F)cccc1Cl. The second-order valence-electron chi connectivity index (χ2n) is 5.88. The zero-order chi connectivity index (χ0) is 20.8. The predicted octanol–water partition coefficient (Wildman–Crippen LogP) is 4.72. The van der Waals surface area contributed by atoms with Crippen LogP contribution >= 0.6 is 11.6 Å². The van der Waals surface area contributed by atoms with Crippen LogP contribution in [0.15, 0.2) is 66.7 Å². The number of esters is 1. The molecule has 0 unspecified atom stereocenters. The van der Waals surface area contributed by atoms with Gasteiger partial charge < -0.3 is 10.2 Å². The van der Waals surface area contributed by atoms with Crippen molar-refractivity contribution in [3.63, 3.8) is 0 Å². The van der Waals surface area contributed by atoms with Gasteiger partial charge in [-0.05, 0) is 30.3 Å². The number of hydrazine groups is 1. The predicted molar refractivity (Wildman–Crippen MR) is 106 cm³/mol. The average Bonchev–Trinajstić information content (AvgIpc) is 2.69. The van der Waals surface area contributed by atoms with Crippen LogP contribution in [0.25, 0.3) is 0 Å². The topological polar surface area (TPSA) is 93.5 Å². The number of non-ortho nitro benzene ring substituents is 1. The number of rotatable bonds is 7. The number of nitro benzene ring substituents is 1. The number of ether oxygens (including phenoxy) is 1. The lowest BCUT2D eigenvalue weighted by Crippen LogP contribution is -2.22. The highest BCUT2D eigenvalue weighted by molar-refractivity contribution is 6.33. The van der Waals surface area contributed by atoms with Gasteiger partial charge in [0.1, 0.15) is 17.1 Å². The van der Waals surface area contributed by atoms with Crippen LogP contribution < -0.4 is 15.6 Å². The lowest BCUT2D eigenvalue weighted by Gasteiger charge is -2.13. The maximum absolute atomic E-state index is 14.0. The second-order valence-corrected chi connectivity index (χ2v) is 6.29. The van der Waals surface area contributed by atoms with E-state index < -0.39 is 22.3 Å². The van der Waals surface area contributed by atoms with Gasteiger partial charge in [0.2, 0.25) is 0 Å². The Bertz CT molecular complexity index is 1030. The van der Waals surface area contributed by atoms with Crippen molar-refractivity contribution in [3.8, 4) is 5.75 Å². The lowest BCUT2D eigenvalue weighted by atomic mass is 10.1. The minimum absolute atomic E-state index is 0.0438. The van der Waals surface area contributed by atoms with Crippen molar-refractivity contribution in [2.75, 3.05) is 5.43 Å². The van der Waals surface area contributed by atoms with Gasteiger partial charge in [0.05, 0.1) is 9.95 Å². The minimum Gasteiger partial charge on any atom is -0.422 e. The molecule has 0 aliphatic rings. The van der Waals surface area contributed by atoms with Gasteiger partial charge in [0.15, 0.2) is 0 Å². The summed E-state index contributed by atoms with van der Waals surface area (Å²) in [4.78, 5) is 22.9. The van der Waals surface area contributed by atoms with Crippen molar-refractivity contribution in [1.82, 2.24) is 5.43 Å². The maximum Gasteiger partial charge on any atom is 0.348 e. The minimum atomic E-state index is -1.00. The van der Waals surface area contributed by atoms with Crippen LogP contribution in [0.4, 0.5) is 15.8 Å². The Morgan fingerprint density at radius 3 is 2.55 bits per heavy atom. The van der Waals surface area contributed by atoms with Crippen molar-refractivity contribution in [1.29, 1.82) is 0 Å². The molecule has 0 heterocycles. The van der Waals surface area contributed by atoms with Gasteiger partial charge in [-0.1, -0.05) is 35.9 Å². The first-order chi connectivity index (χ1) is 14.0. The van der Waals surface area contributed by atoms with Gasteiger partial charge in [-0.15, -0.1) is 0 Å². The van der Waals surface area contributed by atoms with Crippen LogP contribution in [0, 0.1) is 15.9 Å². The van der Waals surface area contributed by atoms with E-state index >= 15 is 0 Å². The van der Waals surface area contributed by atoms with E-state index in [4.69, 9.17) is 16.3 Å². The molecule has 0 fully saturated rings. The van der Waals surface area contributed by atoms with E-state index in [1.165, 1.54) is 30.3 Å². The zero-order valence-electron chi connectivity index (χ0n) is 14.9. The molecule has 0 amide bonds. The molecule has 29 heavy (non-hydrogen) atoms. The summed E-state index contributed by atoms with van der Waals surface area (Å²) < 4.78 is 19.2. The average molecular weight is 416 g/mol. The first kappa shape index (κ1) is 20.2. The number of hydrogen-bond acceptors (Lipinski definition) is 6. The van der Waals surface area contributed by atoms with E-state index in [9.17, 15) is 19.3 Å². The first-order valence-electron chi connectivity index (χ1n) is 8.43. The molecule has 0 aliphatic heterocycles. The Morgan fingerprint density at radius 2 is 1.86 bits per heavy atom. The number of nitrogens with zero attached hydrogens (tertiary/aromatic N) is 1. The molecule has 0 saturated heterocycles. The van der Waals surface area contributed by atoms with Crippen LogP contribution in [-0.4, -0.2) is 10.9 Å². The van der Waals surface area contributed by atoms with E-state index in [1.807, 2.05) is 30.3 Å². The van der Waals surface area contributed by atoms with Gasteiger partial charge in [0, 0.05) is 29.9 Å². The number of carbonyl (C=O) groups excluding carboxylic acids is 1. The third-order valence-electron chi connectivity index (χ3n) is 3.91. The number of anilines is 1. The largest absolute Gasteiger partial charge is 0.422 e. The van der Waals surface area contributed by atoms with E-state index in [2.05, 4.69) is 10.9 Å². The number of hydrogen-bond donors (Lipinski definition) is 2. The summed E-state index contributed by atoms with van der Waals surface area (Å²) in [7, 11) is 0. The van der Waals surface area contributed by atoms with E-state index in [0.29, 0.717) is 5.56 Å². The van der Waals surface area contributed by atoms with Gasteiger partial charge in [-0.3, -0.25) is 10.1 Å². The Balaban J connectivity index is 1.81. The smallest absolute Gasteiger partial charge is 0.348 e. The van der Waals surface area contributed by atoms with Crippen LogP contribution in [0.5, 0.6) is 5.75 Å². The van der Waals surface area contributed by atoms with Crippen LogP contribution in [0.2, 0.25) is 5.02 Å². The van der Waals surface area contributed by atoms with Crippen molar-refractivity contribution in [3.05, 3.63) is 98.8 Å². The fourth-order valence-corrected chi connectivity index (χ4v) is 2.76. The van der Waals surface area contributed by atoms with Gasteiger partial charge in [0.25, 0.3) is 5.69 Å². The van der Waals surface area contributed by atoms with Crippen molar-refractivity contribution in [2.24, 2.45) is 0 Å². The Morgan fingerprint density at radius 1 is 1.10 bits per heavy atom. The highest BCUT2D eigenvalue weighted by Crippen LogP contribution is 2.27. The highest BCUT2D eigenvalue weighted by atomic mass is 35.5. The molecule has 3 rings (SSSR count). The fourth-order valence-electron chi connectivity index (χ4n) is 2.52. The number of para-hydroxylation sites is 1. The summed E-state index contributed by atoms with van der Waals surface area (Å²) in [5.74, 6) is -1.78. The first-order valence-corrected chi connectivity index (χ1v) is 8.81. The standard InChI is InChI=1S/C20H15ClFN3O4/c21-16-7-4-8-17(22)19(16)20(26)29-18-10-9-15(25(27)28)11-13(18)12-23-24-14-5-2-1-3-6-14/h1-11,23-24H,12H2. The number of halogens is 2. The summed E-state index contributed by atoms with van der Waals surface area (Å²) in [5.41, 5.74) is 6.34. The molecule has 2 N–H and O–H groups in total.